The van der Waals surface area contributed by atoms with Crippen LogP contribution in [-0.4, -0.2) is 29.8 Å². The quantitative estimate of drug-likeness (QED) is 0.821. The van der Waals surface area contributed by atoms with Crippen molar-refractivity contribution in [2.75, 3.05) is 18.4 Å². The van der Waals surface area contributed by atoms with E-state index in [0.717, 1.165) is 16.8 Å². The first-order valence-electron chi connectivity index (χ1n) is 7.82. The number of benzene rings is 1. The van der Waals surface area contributed by atoms with Crippen molar-refractivity contribution in [2.24, 2.45) is 5.92 Å². The summed E-state index contributed by atoms with van der Waals surface area (Å²) in [5, 5.41) is 2.93. The van der Waals surface area contributed by atoms with Crippen LogP contribution in [0.1, 0.15) is 32.3 Å². The fourth-order valence-electron chi connectivity index (χ4n) is 2.80. The van der Waals surface area contributed by atoms with Gasteiger partial charge in [0.05, 0.1) is 0 Å². The van der Waals surface area contributed by atoms with Crippen LogP contribution in [0.5, 0.6) is 0 Å². The number of anilines is 1. The van der Waals surface area contributed by atoms with E-state index in [2.05, 4.69) is 11.9 Å². The third-order valence-corrected chi connectivity index (χ3v) is 4.01. The zero-order valence-corrected chi connectivity index (χ0v) is 13.4. The lowest BCUT2D eigenvalue weighted by molar-refractivity contribution is -0.131. The van der Waals surface area contributed by atoms with Crippen LogP contribution in [0.3, 0.4) is 0 Å². The second kappa shape index (κ2) is 7.25. The van der Waals surface area contributed by atoms with Gasteiger partial charge in [0.2, 0.25) is 11.8 Å². The molecule has 0 aromatic heterocycles. The fraction of sp³-hybridized carbons (Fsp3) is 0.444. The van der Waals surface area contributed by atoms with E-state index in [9.17, 15) is 9.59 Å². The second-order valence-electron chi connectivity index (χ2n) is 5.95. The molecule has 1 aromatic carbocycles. The number of hydrogen-bond acceptors (Lipinski definition) is 2. The van der Waals surface area contributed by atoms with Crippen molar-refractivity contribution in [3.05, 3.63) is 42.0 Å². The van der Waals surface area contributed by atoms with Gasteiger partial charge in [0.25, 0.3) is 0 Å². The predicted molar refractivity (Wildman–Crippen MR) is 88.6 cm³/mol. The number of hydrogen-bond donors (Lipinski definition) is 1. The third-order valence-electron chi connectivity index (χ3n) is 4.01. The normalized spacial score (nSPS) is 16.6. The van der Waals surface area contributed by atoms with E-state index in [1.165, 1.54) is 0 Å². The van der Waals surface area contributed by atoms with Crippen molar-refractivity contribution in [2.45, 2.75) is 33.1 Å². The molecule has 1 unspecified atom stereocenters. The molecular formula is C18H24N2O2. The van der Waals surface area contributed by atoms with E-state index in [1.54, 1.807) is 4.90 Å². The zero-order valence-electron chi connectivity index (χ0n) is 13.4. The molecule has 0 saturated carbocycles. The van der Waals surface area contributed by atoms with Gasteiger partial charge >= 0.3 is 0 Å². The minimum atomic E-state index is -0.123. The van der Waals surface area contributed by atoms with Crippen LogP contribution >= 0.6 is 0 Å². The smallest absolute Gasteiger partial charge is 0.227 e. The van der Waals surface area contributed by atoms with Crippen LogP contribution in [0, 0.1) is 5.92 Å². The van der Waals surface area contributed by atoms with Crippen LogP contribution in [0.25, 0.3) is 0 Å². The largest absolute Gasteiger partial charge is 0.339 e. The van der Waals surface area contributed by atoms with Crippen LogP contribution in [0.4, 0.5) is 5.69 Å². The van der Waals surface area contributed by atoms with E-state index >= 15 is 0 Å². The molecule has 0 bridgehead atoms. The van der Waals surface area contributed by atoms with E-state index in [-0.39, 0.29) is 17.7 Å². The first-order chi connectivity index (χ1) is 10.5. The number of para-hydroxylation sites is 1. The highest BCUT2D eigenvalue weighted by Gasteiger charge is 2.26. The van der Waals surface area contributed by atoms with Crippen molar-refractivity contribution >= 4 is 17.5 Å². The first-order valence-corrected chi connectivity index (χ1v) is 7.82. The van der Waals surface area contributed by atoms with Gasteiger partial charge in [-0.15, -0.1) is 0 Å². The number of nitrogens with zero attached hydrogens (tertiary/aromatic N) is 1. The van der Waals surface area contributed by atoms with Crippen molar-refractivity contribution in [3.8, 4) is 0 Å². The third kappa shape index (κ3) is 3.97. The molecule has 1 aliphatic heterocycles. The summed E-state index contributed by atoms with van der Waals surface area (Å²) in [6, 6.07) is 7.84. The minimum Gasteiger partial charge on any atom is -0.339 e. The number of nitrogens with one attached hydrogen (secondary N) is 1. The average Bonchev–Trinajstić information content (AvgIpc) is 2.50. The summed E-state index contributed by atoms with van der Waals surface area (Å²) < 4.78 is 0. The Balaban J connectivity index is 1.93. The molecule has 1 atom stereocenters. The van der Waals surface area contributed by atoms with Gasteiger partial charge in [0.15, 0.2) is 0 Å². The molecule has 0 fully saturated rings. The molecule has 4 heteroatoms. The molecule has 0 spiro atoms. The highest BCUT2D eigenvalue weighted by Crippen LogP contribution is 2.27. The number of carbonyl (C=O) groups is 2. The molecule has 0 radical (unpaired) electrons. The Bertz CT molecular complexity index is 580. The molecule has 1 N–H and O–H groups in total. The molecule has 2 amide bonds. The standard InChI is InChI=1S/C18H24N2O2/c1-4-20(12-13(2)3)17(21)10-9-15-11-14-7-5-6-8-16(14)19-18(15)22/h5-8,15H,2,4,9-12H2,1,3H3,(H,19,22). The molecule has 0 aliphatic carbocycles. The summed E-state index contributed by atoms with van der Waals surface area (Å²) in [5.74, 6) is -0.00556. The zero-order chi connectivity index (χ0) is 16.1. The maximum Gasteiger partial charge on any atom is 0.227 e. The number of carbonyl (C=O) groups excluding carboxylic acids is 2. The Hall–Kier alpha value is -2.10. The van der Waals surface area contributed by atoms with Gasteiger partial charge in [0, 0.05) is 31.1 Å². The Kier molecular flexibility index (Phi) is 5.36. The Labute approximate surface area is 132 Å². The Morgan fingerprint density at radius 3 is 2.82 bits per heavy atom. The van der Waals surface area contributed by atoms with Crippen molar-refractivity contribution in [1.82, 2.24) is 4.90 Å². The molecule has 22 heavy (non-hydrogen) atoms. The molecular weight excluding hydrogens is 276 g/mol. The molecule has 118 valence electrons. The lowest BCUT2D eigenvalue weighted by atomic mass is 9.89. The molecule has 1 heterocycles. The maximum absolute atomic E-state index is 12.3. The number of amides is 2. The first kappa shape index (κ1) is 16.3. The summed E-state index contributed by atoms with van der Waals surface area (Å²) in [6.45, 7) is 9.00. The lowest BCUT2D eigenvalue weighted by Crippen LogP contribution is -2.34. The number of rotatable bonds is 6. The summed E-state index contributed by atoms with van der Waals surface area (Å²) in [6.07, 6.45) is 1.70. The van der Waals surface area contributed by atoms with Crippen LogP contribution in [-0.2, 0) is 16.0 Å². The highest BCUT2D eigenvalue weighted by atomic mass is 16.2. The fourth-order valence-corrected chi connectivity index (χ4v) is 2.80. The van der Waals surface area contributed by atoms with Gasteiger partial charge in [-0.05, 0) is 38.3 Å². The van der Waals surface area contributed by atoms with Gasteiger partial charge in [-0.25, -0.2) is 0 Å². The average molecular weight is 300 g/mol. The molecule has 1 aliphatic rings. The monoisotopic (exact) mass is 300 g/mol. The van der Waals surface area contributed by atoms with Gasteiger partial charge in [0.1, 0.15) is 0 Å². The van der Waals surface area contributed by atoms with Gasteiger partial charge in [-0.2, -0.15) is 0 Å². The minimum absolute atomic E-state index is 0.0226. The molecule has 0 saturated heterocycles. The molecule has 2 rings (SSSR count). The Morgan fingerprint density at radius 2 is 2.14 bits per heavy atom. The van der Waals surface area contributed by atoms with Crippen LogP contribution in [0.2, 0.25) is 0 Å². The van der Waals surface area contributed by atoms with Crippen LogP contribution < -0.4 is 5.32 Å². The molecule has 1 aromatic rings. The maximum atomic E-state index is 12.3. The predicted octanol–water partition coefficient (Wildman–Crippen LogP) is 3.00. The van der Waals surface area contributed by atoms with Crippen molar-refractivity contribution in [3.63, 3.8) is 0 Å². The van der Waals surface area contributed by atoms with E-state index in [4.69, 9.17) is 0 Å². The highest BCUT2D eigenvalue weighted by molar-refractivity contribution is 5.96. The topological polar surface area (TPSA) is 49.4 Å². The number of likely N-dealkylation sites (N-methyl/N-ethyl adjacent to an activating group) is 1. The van der Waals surface area contributed by atoms with Gasteiger partial charge < -0.3 is 10.2 Å². The Morgan fingerprint density at radius 1 is 1.41 bits per heavy atom. The van der Waals surface area contributed by atoms with Gasteiger partial charge in [-0.1, -0.05) is 30.4 Å². The van der Waals surface area contributed by atoms with E-state index in [1.807, 2.05) is 38.1 Å². The molecule has 4 nitrogen and oxygen atoms in total. The van der Waals surface area contributed by atoms with Crippen molar-refractivity contribution in [1.29, 1.82) is 0 Å². The summed E-state index contributed by atoms with van der Waals surface area (Å²) >= 11 is 0. The van der Waals surface area contributed by atoms with Crippen molar-refractivity contribution < 1.29 is 9.59 Å². The summed E-state index contributed by atoms with van der Waals surface area (Å²) in [5.41, 5.74) is 3.01. The lowest BCUT2D eigenvalue weighted by Gasteiger charge is -2.26. The van der Waals surface area contributed by atoms with Crippen LogP contribution in [0.15, 0.2) is 36.4 Å². The number of fused-ring (bicyclic) bond motifs is 1. The second-order valence-corrected chi connectivity index (χ2v) is 5.95. The summed E-state index contributed by atoms with van der Waals surface area (Å²) in [4.78, 5) is 26.2. The van der Waals surface area contributed by atoms with E-state index < -0.39 is 0 Å². The SMILES string of the molecule is C=C(C)CN(CC)C(=O)CCC1Cc2ccccc2NC1=O. The van der Waals surface area contributed by atoms with E-state index in [0.29, 0.717) is 32.4 Å². The van der Waals surface area contributed by atoms with Gasteiger partial charge in [-0.3, -0.25) is 9.59 Å². The summed E-state index contributed by atoms with van der Waals surface area (Å²) in [7, 11) is 0.